The van der Waals surface area contributed by atoms with E-state index in [2.05, 4.69) is 20.5 Å². The van der Waals surface area contributed by atoms with Crippen molar-refractivity contribution >= 4 is 34.9 Å². The first-order chi connectivity index (χ1) is 14.7. The molecule has 0 aliphatic heterocycles. The number of hydrogen-bond acceptors (Lipinski definition) is 7. The number of methoxy groups -OCH3 is 1. The van der Waals surface area contributed by atoms with Crippen LogP contribution in [0.5, 0.6) is 11.5 Å². The summed E-state index contributed by atoms with van der Waals surface area (Å²) < 4.78 is 16.1. The molecule has 0 spiro atoms. The van der Waals surface area contributed by atoms with Gasteiger partial charge in [0.15, 0.2) is 16.9 Å². The van der Waals surface area contributed by atoms with Crippen molar-refractivity contribution in [1.82, 2.24) is 15.4 Å². The predicted molar refractivity (Wildman–Crippen MR) is 113 cm³/mol. The molecule has 0 bridgehead atoms. The molecule has 1 amide bonds. The molecule has 0 aliphatic carbocycles. The van der Waals surface area contributed by atoms with E-state index in [4.69, 9.17) is 13.9 Å². The number of benzene rings is 2. The third-order valence-corrected chi connectivity index (χ3v) is 4.78. The molecule has 2 heterocycles. The highest BCUT2D eigenvalue weighted by Crippen LogP contribution is 2.28. The van der Waals surface area contributed by atoms with Crippen molar-refractivity contribution in [2.75, 3.05) is 13.7 Å². The number of para-hydroxylation sites is 2. The van der Waals surface area contributed by atoms with Gasteiger partial charge in [0.25, 0.3) is 5.91 Å². The van der Waals surface area contributed by atoms with Gasteiger partial charge < -0.3 is 18.9 Å². The molecule has 2 aromatic heterocycles. The number of hydrogen-bond donors (Lipinski definition) is 2. The zero-order valence-electron chi connectivity index (χ0n) is 16.0. The second-order valence-corrected chi connectivity index (χ2v) is 7.07. The number of carbonyl (C=O) groups excluding carboxylic acids is 1. The Morgan fingerprint density at radius 1 is 1.17 bits per heavy atom. The Morgan fingerprint density at radius 3 is 2.77 bits per heavy atom. The van der Waals surface area contributed by atoms with Gasteiger partial charge in [0.1, 0.15) is 17.3 Å². The van der Waals surface area contributed by atoms with Gasteiger partial charge in [-0.25, -0.2) is 10.4 Å². The molecular formula is C21H18N4O4S. The first-order valence-corrected chi connectivity index (χ1v) is 9.82. The number of amides is 1. The Kier molecular flexibility index (Phi) is 6.00. The molecule has 0 saturated heterocycles. The average Bonchev–Trinajstić information content (AvgIpc) is 3.39. The molecule has 0 fully saturated rings. The molecule has 0 unspecified atom stereocenters. The summed E-state index contributed by atoms with van der Waals surface area (Å²) in [5.74, 6) is 1.40. The SMILES string of the molecule is COc1ccc(OCC(=O)N/N=C/c2ccc(Sc3nc4ccccc4[nH]3)o2)cc1. The number of aromatic nitrogens is 2. The van der Waals surface area contributed by atoms with Gasteiger partial charge >= 0.3 is 0 Å². The number of H-pyrrole nitrogens is 1. The van der Waals surface area contributed by atoms with Crippen LogP contribution in [0.25, 0.3) is 11.0 Å². The van der Waals surface area contributed by atoms with Crippen molar-refractivity contribution in [2.24, 2.45) is 5.10 Å². The number of carbonyl (C=O) groups is 1. The molecule has 4 rings (SSSR count). The maximum Gasteiger partial charge on any atom is 0.277 e. The van der Waals surface area contributed by atoms with Gasteiger partial charge in [-0.1, -0.05) is 12.1 Å². The van der Waals surface area contributed by atoms with Crippen molar-refractivity contribution in [2.45, 2.75) is 10.2 Å². The summed E-state index contributed by atoms with van der Waals surface area (Å²) in [5.41, 5.74) is 4.26. The zero-order chi connectivity index (χ0) is 20.8. The molecule has 0 aliphatic rings. The summed E-state index contributed by atoms with van der Waals surface area (Å²) in [6.07, 6.45) is 1.42. The maximum absolute atomic E-state index is 11.8. The van der Waals surface area contributed by atoms with E-state index < -0.39 is 0 Å². The number of rotatable bonds is 8. The summed E-state index contributed by atoms with van der Waals surface area (Å²) in [6.45, 7) is -0.158. The Labute approximate surface area is 176 Å². The number of furan rings is 1. The highest BCUT2D eigenvalue weighted by Gasteiger charge is 2.08. The number of fused-ring (bicyclic) bond motifs is 1. The van der Waals surface area contributed by atoms with Crippen LogP contribution in [0.4, 0.5) is 0 Å². The molecule has 0 atom stereocenters. The summed E-state index contributed by atoms with van der Waals surface area (Å²) >= 11 is 1.37. The fourth-order valence-corrected chi connectivity index (χ4v) is 3.32. The van der Waals surface area contributed by atoms with Crippen molar-refractivity contribution in [3.05, 3.63) is 66.4 Å². The van der Waals surface area contributed by atoms with Crippen LogP contribution >= 0.6 is 11.8 Å². The van der Waals surface area contributed by atoms with Crippen LogP contribution in [0.1, 0.15) is 5.76 Å². The van der Waals surface area contributed by atoms with Crippen molar-refractivity contribution in [1.29, 1.82) is 0 Å². The van der Waals surface area contributed by atoms with Crippen LogP contribution in [-0.2, 0) is 4.79 Å². The normalized spacial score (nSPS) is 11.1. The second kappa shape index (κ2) is 9.19. The van der Waals surface area contributed by atoms with E-state index in [1.54, 1.807) is 37.4 Å². The largest absolute Gasteiger partial charge is 0.497 e. The molecule has 2 N–H and O–H groups in total. The van der Waals surface area contributed by atoms with Gasteiger partial charge in [-0.15, -0.1) is 0 Å². The van der Waals surface area contributed by atoms with Crippen LogP contribution in [0.2, 0.25) is 0 Å². The molecule has 0 radical (unpaired) electrons. The Bertz CT molecular complexity index is 1130. The predicted octanol–water partition coefficient (Wildman–Crippen LogP) is 3.84. The molecule has 0 saturated carbocycles. The summed E-state index contributed by atoms with van der Waals surface area (Å²) in [7, 11) is 1.58. The number of imidazole rings is 1. The summed E-state index contributed by atoms with van der Waals surface area (Å²) in [6, 6.07) is 18.3. The van der Waals surface area contributed by atoms with Crippen LogP contribution < -0.4 is 14.9 Å². The van der Waals surface area contributed by atoms with E-state index in [1.165, 1.54) is 18.0 Å². The minimum Gasteiger partial charge on any atom is -0.497 e. The second-order valence-electron chi connectivity index (χ2n) is 6.08. The molecule has 2 aromatic carbocycles. The molecule has 9 heteroatoms. The van der Waals surface area contributed by atoms with E-state index in [1.807, 2.05) is 30.3 Å². The van der Waals surface area contributed by atoms with E-state index >= 15 is 0 Å². The first kappa shape index (κ1) is 19.6. The number of aromatic amines is 1. The number of ether oxygens (including phenoxy) is 2. The smallest absolute Gasteiger partial charge is 0.277 e. The highest BCUT2D eigenvalue weighted by atomic mass is 32.2. The Balaban J connectivity index is 1.26. The van der Waals surface area contributed by atoms with Crippen LogP contribution in [0.15, 0.2) is 80.4 Å². The van der Waals surface area contributed by atoms with E-state index in [0.717, 1.165) is 16.2 Å². The van der Waals surface area contributed by atoms with Gasteiger partial charge in [-0.05, 0) is 60.3 Å². The number of nitrogens with zero attached hydrogens (tertiary/aromatic N) is 2. The lowest BCUT2D eigenvalue weighted by molar-refractivity contribution is -0.123. The first-order valence-electron chi connectivity index (χ1n) is 9.01. The molecule has 8 nitrogen and oxygen atoms in total. The molecule has 30 heavy (non-hydrogen) atoms. The van der Waals surface area contributed by atoms with Crippen molar-refractivity contribution in [3.63, 3.8) is 0 Å². The van der Waals surface area contributed by atoms with Crippen molar-refractivity contribution < 1.29 is 18.7 Å². The zero-order valence-corrected chi connectivity index (χ0v) is 16.8. The van der Waals surface area contributed by atoms with Crippen LogP contribution in [-0.4, -0.2) is 35.8 Å². The van der Waals surface area contributed by atoms with Crippen molar-refractivity contribution in [3.8, 4) is 11.5 Å². The third kappa shape index (κ3) is 5.00. The maximum atomic E-state index is 11.8. The standard InChI is InChI=1S/C21H18N4O4S/c1-27-14-6-8-15(9-7-14)28-13-19(26)25-22-12-16-10-11-20(29-16)30-21-23-17-4-2-3-5-18(17)24-21/h2-12H,13H2,1H3,(H,23,24)(H,25,26)/b22-12+. The lowest BCUT2D eigenvalue weighted by Crippen LogP contribution is -2.24. The fourth-order valence-electron chi connectivity index (χ4n) is 2.55. The topological polar surface area (TPSA) is 102 Å². The van der Waals surface area contributed by atoms with Gasteiger partial charge in [0.05, 0.1) is 24.4 Å². The molecular weight excluding hydrogens is 404 g/mol. The van der Waals surface area contributed by atoms with Gasteiger partial charge in [-0.2, -0.15) is 5.10 Å². The minimum atomic E-state index is -0.384. The Morgan fingerprint density at radius 2 is 1.97 bits per heavy atom. The number of nitrogens with one attached hydrogen (secondary N) is 2. The highest BCUT2D eigenvalue weighted by molar-refractivity contribution is 7.99. The lowest BCUT2D eigenvalue weighted by atomic mass is 10.3. The van der Waals surface area contributed by atoms with E-state index in [0.29, 0.717) is 22.4 Å². The van der Waals surface area contributed by atoms with Crippen LogP contribution in [0.3, 0.4) is 0 Å². The monoisotopic (exact) mass is 422 g/mol. The average molecular weight is 422 g/mol. The van der Waals surface area contributed by atoms with Gasteiger partial charge in [-0.3, -0.25) is 4.79 Å². The van der Waals surface area contributed by atoms with Gasteiger partial charge in [0, 0.05) is 0 Å². The molecule has 4 aromatic rings. The van der Waals surface area contributed by atoms with E-state index in [9.17, 15) is 4.79 Å². The quantitative estimate of drug-likeness (QED) is 0.330. The minimum absolute atomic E-state index is 0.158. The van der Waals surface area contributed by atoms with Gasteiger partial charge in [0.2, 0.25) is 0 Å². The fraction of sp³-hybridized carbons (Fsp3) is 0.0952. The Hall–Kier alpha value is -3.72. The number of hydrazone groups is 1. The summed E-state index contributed by atoms with van der Waals surface area (Å²) in [5, 5.41) is 5.28. The van der Waals surface area contributed by atoms with Crippen LogP contribution in [0, 0.1) is 0 Å². The summed E-state index contributed by atoms with van der Waals surface area (Å²) in [4.78, 5) is 19.6. The van der Waals surface area contributed by atoms with E-state index in [-0.39, 0.29) is 12.5 Å². The molecule has 152 valence electrons. The lowest BCUT2D eigenvalue weighted by Gasteiger charge is -2.05. The third-order valence-electron chi connectivity index (χ3n) is 3.98.